The standard InChI is InChI=1S/C8H19BOS2/c1-3-5-7-10-9-12-11-8-6-4-2/h9H,3-8H2,1-2H3. The van der Waals surface area contributed by atoms with Gasteiger partial charge in [-0.15, -0.1) is 21.4 Å². The Morgan fingerprint density at radius 3 is 2.58 bits per heavy atom. The minimum Gasteiger partial charge on any atom is -0.428 e. The van der Waals surface area contributed by atoms with Crippen molar-refractivity contribution in [2.24, 2.45) is 0 Å². The van der Waals surface area contributed by atoms with Gasteiger partial charge in [0.05, 0.1) is 0 Å². The quantitative estimate of drug-likeness (QED) is 0.325. The van der Waals surface area contributed by atoms with E-state index in [4.69, 9.17) is 4.65 Å². The number of rotatable bonds is 9. The molecule has 0 saturated carbocycles. The molecule has 0 N–H and O–H groups in total. The number of unbranched alkanes of at least 4 members (excludes halogenated alkanes) is 2. The van der Waals surface area contributed by atoms with Crippen LogP contribution in [0.4, 0.5) is 0 Å². The Labute approximate surface area is 85.0 Å². The van der Waals surface area contributed by atoms with Gasteiger partial charge in [-0.25, -0.2) is 0 Å². The lowest BCUT2D eigenvalue weighted by molar-refractivity contribution is 0.336. The lowest BCUT2D eigenvalue weighted by Gasteiger charge is -2.00. The van der Waals surface area contributed by atoms with E-state index in [1.165, 1.54) is 31.4 Å². The Morgan fingerprint density at radius 1 is 1.17 bits per heavy atom. The SMILES string of the molecule is CCCCOBSSCCCC. The van der Waals surface area contributed by atoms with Gasteiger partial charge in [0.15, 0.2) is 0 Å². The molecule has 4 heteroatoms. The van der Waals surface area contributed by atoms with Gasteiger partial charge in [0, 0.05) is 12.4 Å². The Kier molecular flexibility index (Phi) is 12.4. The van der Waals surface area contributed by atoms with Gasteiger partial charge in [-0.05, 0) is 12.8 Å². The largest absolute Gasteiger partial charge is 0.428 e. The Hall–Kier alpha value is 0.725. The van der Waals surface area contributed by atoms with Crippen molar-refractivity contribution in [1.82, 2.24) is 0 Å². The molecule has 0 aliphatic carbocycles. The Balaban J connectivity index is 2.73. The zero-order chi connectivity index (χ0) is 9.07. The molecule has 0 aromatic heterocycles. The molecule has 0 rings (SSSR count). The fourth-order valence-corrected chi connectivity index (χ4v) is 2.53. The number of hydrogen-bond donors (Lipinski definition) is 0. The van der Waals surface area contributed by atoms with Crippen LogP contribution in [0, 0.1) is 0 Å². The van der Waals surface area contributed by atoms with Crippen LogP contribution in [-0.4, -0.2) is 19.1 Å². The highest BCUT2D eigenvalue weighted by Crippen LogP contribution is 2.20. The van der Waals surface area contributed by atoms with Crippen molar-refractivity contribution in [3.8, 4) is 0 Å². The van der Waals surface area contributed by atoms with Crippen LogP contribution in [0.2, 0.25) is 0 Å². The average molecular weight is 206 g/mol. The van der Waals surface area contributed by atoms with Gasteiger partial charge in [-0.3, -0.25) is 0 Å². The summed E-state index contributed by atoms with van der Waals surface area (Å²) in [5, 5.41) is 0. The summed E-state index contributed by atoms with van der Waals surface area (Å²) in [5.41, 5.74) is 0. The monoisotopic (exact) mass is 206 g/mol. The van der Waals surface area contributed by atoms with Gasteiger partial charge in [-0.1, -0.05) is 26.7 Å². The lowest BCUT2D eigenvalue weighted by Crippen LogP contribution is -1.95. The van der Waals surface area contributed by atoms with E-state index in [1.54, 1.807) is 0 Å². The fourth-order valence-electron chi connectivity index (χ4n) is 0.636. The normalized spacial score (nSPS) is 10.2. The molecule has 0 heterocycles. The Morgan fingerprint density at radius 2 is 1.92 bits per heavy atom. The highest BCUT2D eigenvalue weighted by Gasteiger charge is 1.92. The molecule has 0 spiro atoms. The van der Waals surface area contributed by atoms with Crippen LogP contribution in [0.15, 0.2) is 0 Å². The molecular formula is C8H19BOS2. The van der Waals surface area contributed by atoms with E-state index in [9.17, 15) is 0 Å². The zero-order valence-electron chi connectivity index (χ0n) is 8.17. The van der Waals surface area contributed by atoms with Crippen LogP contribution < -0.4 is 0 Å². The molecule has 0 bridgehead atoms. The smallest absolute Gasteiger partial charge is 0.353 e. The molecule has 0 atom stereocenters. The molecule has 0 unspecified atom stereocenters. The average Bonchev–Trinajstić information content (AvgIpc) is 2.10. The molecule has 1 nitrogen and oxygen atoms in total. The summed E-state index contributed by atoms with van der Waals surface area (Å²) in [7, 11) is 3.77. The second-order valence-corrected chi connectivity index (χ2v) is 5.20. The highest BCUT2D eigenvalue weighted by molar-refractivity contribution is 8.85. The molecule has 0 fully saturated rings. The first-order valence-electron chi connectivity index (χ1n) is 4.74. The van der Waals surface area contributed by atoms with Crippen molar-refractivity contribution in [1.29, 1.82) is 0 Å². The summed E-state index contributed by atoms with van der Waals surface area (Å²) >= 11 is 0. The van der Waals surface area contributed by atoms with Crippen molar-refractivity contribution < 1.29 is 4.65 Å². The summed E-state index contributed by atoms with van der Waals surface area (Å²) < 4.78 is 5.40. The third-order valence-corrected chi connectivity index (χ3v) is 3.61. The highest BCUT2D eigenvalue weighted by atomic mass is 33.1. The second kappa shape index (κ2) is 11.7. The minimum atomic E-state index is 0.856. The van der Waals surface area contributed by atoms with E-state index in [-0.39, 0.29) is 0 Å². The lowest BCUT2D eigenvalue weighted by atomic mass is 10.3. The van der Waals surface area contributed by atoms with Crippen molar-refractivity contribution in [2.75, 3.05) is 12.4 Å². The van der Waals surface area contributed by atoms with Crippen molar-refractivity contribution in [3.63, 3.8) is 0 Å². The first-order valence-corrected chi connectivity index (χ1v) is 7.22. The van der Waals surface area contributed by atoms with Gasteiger partial charge < -0.3 is 4.65 Å². The third-order valence-electron chi connectivity index (χ3n) is 1.44. The van der Waals surface area contributed by atoms with Crippen molar-refractivity contribution in [3.05, 3.63) is 0 Å². The molecule has 0 aliphatic heterocycles. The molecule has 0 aromatic rings. The molecular weight excluding hydrogens is 187 g/mol. The van der Waals surface area contributed by atoms with E-state index < -0.39 is 0 Å². The summed E-state index contributed by atoms with van der Waals surface area (Å²) in [6.07, 6.45) is 5.05. The molecule has 72 valence electrons. The summed E-state index contributed by atoms with van der Waals surface area (Å²) in [4.78, 5) is 0. The van der Waals surface area contributed by atoms with Crippen LogP contribution in [0.5, 0.6) is 0 Å². The van der Waals surface area contributed by atoms with E-state index in [2.05, 4.69) is 13.8 Å². The maximum atomic E-state index is 5.40. The van der Waals surface area contributed by atoms with Crippen molar-refractivity contribution in [2.45, 2.75) is 39.5 Å². The maximum Gasteiger partial charge on any atom is 0.353 e. The summed E-state index contributed by atoms with van der Waals surface area (Å²) in [6, 6.07) is 0. The van der Waals surface area contributed by atoms with E-state index in [0.29, 0.717) is 0 Å². The molecule has 12 heavy (non-hydrogen) atoms. The second-order valence-electron chi connectivity index (χ2n) is 2.67. The van der Waals surface area contributed by atoms with Gasteiger partial charge in [0.1, 0.15) is 0 Å². The summed E-state index contributed by atoms with van der Waals surface area (Å²) in [6.45, 7) is 6.20. The van der Waals surface area contributed by atoms with Crippen LogP contribution in [0.25, 0.3) is 0 Å². The van der Waals surface area contributed by atoms with Gasteiger partial charge in [-0.2, -0.15) is 0 Å². The fraction of sp³-hybridized carbons (Fsp3) is 1.00. The van der Waals surface area contributed by atoms with Crippen LogP contribution in [-0.2, 0) is 4.65 Å². The van der Waals surface area contributed by atoms with Crippen LogP contribution in [0.3, 0.4) is 0 Å². The molecule has 0 saturated heterocycles. The van der Waals surface area contributed by atoms with Gasteiger partial charge in [0.2, 0.25) is 0 Å². The van der Waals surface area contributed by atoms with E-state index in [1.807, 2.05) is 21.4 Å². The maximum absolute atomic E-state index is 5.40. The summed E-state index contributed by atoms with van der Waals surface area (Å²) in [5.74, 6) is 1.26. The molecule has 0 aromatic carbocycles. The minimum absolute atomic E-state index is 0.856. The molecule has 0 amide bonds. The molecule has 0 aliphatic rings. The van der Waals surface area contributed by atoms with Crippen LogP contribution >= 0.6 is 21.4 Å². The predicted octanol–water partition coefficient (Wildman–Crippen LogP) is 3.25. The topological polar surface area (TPSA) is 9.23 Å². The first kappa shape index (κ1) is 12.7. The van der Waals surface area contributed by atoms with E-state index >= 15 is 0 Å². The van der Waals surface area contributed by atoms with Gasteiger partial charge in [0.25, 0.3) is 0 Å². The third kappa shape index (κ3) is 10.7. The Bertz CT molecular complexity index is 73.5. The number of hydrogen-bond acceptors (Lipinski definition) is 3. The first-order chi connectivity index (χ1) is 5.91. The van der Waals surface area contributed by atoms with Crippen molar-refractivity contribution >= 4 is 28.2 Å². The zero-order valence-corrected chi connectivity index (χ0v) is 9.81. The van der Waals surface area contributed by atoms with E-state index in [0.717, 1.165) is 13.4 Å². The van der Waals surface area contributed by atoms with Gasteiger partial charge >= 0.3 is 6.76 Å². The van der Waals surface area contributed by atoms with Crippen LogP contribution in [0.1, 0.15) is 39.5 Å². The molecule has 0 radical (unpaired) electrons. The predicted molar refractivity (Wildman–Crippen MR) is 63.0 cm³/mol.